The number of nitrogens with two attached hydrogens (primary N) is 1. The minimum atomic E-state index is -4.64. The third-order valence-corrected chi connectivity index (χ3v) is 12.5. The molecule has 23 nitrogen and oxygen atoms in total. The molecule has 0 fully saturated rings. The molecule has 436 valence electrons. The van der Waals surface area contributed by atoms with E-state index in [4.69, 9.17) is 30.4 Å². The number of aromatic nitrogens is 11. The van der Waals surface area contributed by atoms with Crippen molar-refractivity contribution >= 4 is 118 Å². The quantitative estimate of drug-likeness (QED) is 0.0855. The number of ether oxygens (including phenoxy) is 2. The van der Waals surface area contributed by atoms with Crippen LogP contribution >= 0.6 is 45.2 Å². The SMILES string of the molecule is Cc1cc2c(C#N)nn(CC(=O)OC(C)(C)C)c2cn1.Cc1cc2c(C(N)=O)nn(CC(=O)O)c2cn1.Cc1cc2c(I)nn(CC(=O)OC(C)(C)C)c2cn1.Cc1cc2c(cn1)CN=C2.Cc1cc2c(cn1)CN=C2I.O=CC(F)(F)F. The normalized spacial score (nSPS) is 12.0. The van der Waals surface area contributed by atoms with Gasteiger partial charge in [0.15, 0.2) is 11.4 Å². The third-order valence-electron chi connectivity index (χ3n) is 10.8. The number of esters is 2. The van der Waals surface area contributed by atoms with Crippen LogP contribution in [0.4, 0.5) is 13.2 Å². The average Bonchev–Trinajstić information content (AvgIpc) is 2.99. The van der Waals surface area contributed by atoms with Gasteiger partial charge in [0.2, 0.25) is 6.29 Å². The predicted molar refractivity (Wildman–Crippen MR) is 318 cm³/mol. The lowest BCUT2D eigenvalue weighted by Gasteiger charge is -2.19. The number of nitrogens with zero attached hydrogens (tertiary/aromatic N) is 14. The number of fused-ring (bicyclic) bond motifs is 5. The van der Waals surface area contributed by atoms with Crippen LogP contribution in [0.1, 0.15) is 108 Å². The van der Waals surface area contributed by atoms with Crippen molar-refractivity contribution in [3.05, 3.63) is 127 Å². The van der Waals surface area contributed by atoms with Gasteiger partial charge in [-0.15, -0.1) is 0 Å². The van der Waals surface area contributed by atoms with E-state index in [0.717, 1.165) is 54.2 Å². The minimum absolute atomic E-state index is 0.0415. The smallest absolute Gasteiger partial charge is 0.446 e. The van der Waals surface area contributed by atoms with Crippen LogP contribution in [-0.2, 0) is 61.4 Å². The molecule has 0 aliphatic carbocycles. The summed E-state index contributed by atoms with van der Waals surface area (Å²) in [6, 6.07) is 11.6. The van der Waals surface area contributed by atoms with Crippen LogP contribution in [-0.4, -0.2) is 117 Å². The number of aliphatic carboxylic acids is 1. The molecule has 8 aromatic heterocycles. The van der Waals surface area contributed by atoms with Gasteiger partial charge in [-0.2, -0.15) is 33.7 Å². The van der Waals surface area contributed by atoms with Crippen LogP contribution < -0.4 is 5.73 Å². The Hall–Kier alpha value is -8.21. The average molecular weight is 1370 g/mol. The highest BCUT2D eigenvalue weighted by Crippen LogP contribution is 2.24. The van der Waals surface area contributed by atoms with Crippen molar-refractivity contribution in [3.8, 4) is 6.07 Å². The topological polar surface area (TPSA) is 316 Å². The van der Waals surface area contributed by atoms with Gasteiger partial charge in [-0.3, -0.25) is 72.9 Å². The van der Waals surface area contributed by atoms with E-state index < -0.39 is 41.5 Å². The van der Waals surface area contributed by atoms with Gasteiger partial charge < -0.3 is 20.3 Å². The van der Waals surface area contributed by atoms with Crippen LogP contribution in [0.25, 0.3) is 32.7 Å². The molecule has 0 spiro atoms. The molecule has 0 radical (unpaired) electrons. The van der Waals surface area contributed by atoms with Gasteiger partial charge in [0.1, 0.15) is 44.3 Å². The number of pyridine rings is 5. The molecule has 2 aliphatic heterocycles. The first-order chi connectivity index (χ1) is 38.7. The Morgan fingerprint density at radius 3 is 1.61 bits per heavy atom. The Morgan fingerprint density at radius 2 is 1.11 bits per heavy atom. The van der Waals surface area contributed by atoms with Gasteiger partial charge in [0.05, 0.1) is 48.2 Å². The fraction of sp³-hybridized carbons (Fsp3) is 0.345. The molecule has 10 rings (SSSR count). The van der Waals surface area contributed by atoms with Crippen LogP contribution in [0, 0.1) is 49.7 Å². The number of carboxylic acids is 1. The largest absolute Gasteiger partial charge is 0.480 e. The number of amides is 1. The Balaban J connectivity index is 0.000000189. The number of nitriles is 1. The number of halogens is 5. The van der Waals surface area contributed by atoms with E-state index in [1.54, 1.807) is 56.9 Å². The number of rotatable bonds is 7. The highest BCUT2D eigenvalue weighted by atomic mass is 127. The molecule has 28 heteroatoms. The maximum Gasteiger partial charge on any atom is 0.446 e. The molecule has 0 aromatic carbocycles. The number of carbonyl (C=O) groups is 5. The maximum atomic E-state index is 11.8. The molecule has 3 N–H and O–H groups in total. The van der Waals surface area contributed by atoms with E-state index in [1.165, 1.54) is 37.8 Å². The summed E-state index contributed by atoms with van der Waals surface area (Å²) < 4.78 is 48.1. The maximum absolute atomic E-state index is 11.8. The van der Waals surface area contributed by atoms with Crippen molar-refractivity contribution in [2.24, 2.45) is 15.7 Å². The highest BCUT2D eigenvalue weighted by molar-refractivity contribution is 14.1. The second-order valence-corrected chi connectivity index (χ2v) is 22.3. The van der Waals surface area contributed by atoms with Gasteiger partial charge in [0, 0.05) is 85.5 Å². The summed E-state index contributed by atoms with van der Waals surface area (Å²) in [6.07, 6.45) is 4.86. The van der Waals surface area contributed by atoms with E-state index in [9.17, 15) is 32.3 Å². The van der Waals surface area contributed by atoms with Crippen LogP contribution in [0.3, 0.4) is 0 Å². The number of aldehydes is 1. The summed E-state index contributed by atoms with van der Waals surface area (Å²) in [5, 5.41) is 32.4. The number of hydrogen-bond donors (Lipinski definition) is 2. The van der Waals surface area contributed by atoms with Crippen LogP contribution in [0.5, 0.6) is 0 Å². The Morgan fingerprint density at radius 1 is 0.663 bits per heavy atom. The molecule has 83 heavy (non-hydrogen) atoms. The van der Waals surface area contributed by atoms with Crippen molar-refractivity contribution in [1.29, 1.82) is 5.26 Å². The molecule has 8 aromatic rings. The molecule has 0 saturated carbocycles. The van der Waals surface area contributed by atoms with Crippen LogP contribution in [0.2, 0.25) is 0 Å². The zero-order valence-corrected chi connectivity index (χ0v) is 51.3. The summed E-state index contributed by atoms with van der Waals surface area (Å²) in [5.41, 5.74) is 16.0. The second-order valence-electron chi connectivity index (χ2n) is 20.3. The molecule has 0 saturated heterocycles. The van der Waals surface area contributed by atoms with Crippen molar-refractivity contribution in [2.75, 3.05) is 0 Å². The Kier molecular flexibility index (Phi) is 22.3. The summed E-state index contributed by atoms with van der Waals surface area (Å²) in [6.45, 7) is 21.8. The summed E-state index contributed by atoms with van der Waals surface area (Å²) >= 11 is 4.42. The predicted octanol–water partition coefficient (Wildman–Crippen LogP) is 8.72. The van der Waals surface area contributed by atoms with Crippen LogP contribution in [0.15, 0.2) is 71.3 Å². The fourth-order valence-corrected chi connectivity index (χ4v) is 8.85. The van der Waals surface area contributed by atoms with Crippen molar-refractivity contribution in [2.45, 2.75) is 126 Å². The first-order valence-corrected chi connectivity index (χ1v) is 27.0. The number of aryl methyl sites for hydroxylation is 5. The zero-order valence-electron chi connectivity index (χ0n) is 47.0. The second kappa shape index (κ2) is 28.2. The number of carbonyl (C=O) groups excluding carboxylic acids is 4. The molecule has 1 amide bonds. The van der Waals surface area contributed by atoms with E-state index in [0.29, 0.717) is 27.5 Å². The van der Waals surface area contributed by atoms with Gasteiger partial charge in [-0.25, -0.2) is 0 Å². The molecular formula is C55H58F3I2N15O8. The minimum Gasteiger partial charge on any atom is -0.480 e. The first-order valence-electron chi connectivity index (χ1n) is 24.9. The number of alkyl halides is 3. The first kappa shape index (κ1) is 65.6. The monoisotopic (exact) mass is 1370 g/mol. The van der Waals surface area contributed by atoms with Crippen molar-refractivity contribution in [1.82, 2.24) is 54.3 Å². The van der Waals surface area contributed by atoms with Gasteiger partial charge >= 0.3 is 24.1 Å². The summed E-state index contributed by atoms with van der Waals surface area (Å²) in [5.74, 6) is -2.43. The van der Waals surface area contributed by atoms with E-state index in [1.807, 2.05) is 79.2 Å². The van der Waals surface area contributed by atoms with Crippen molar-refractivity contribution < 1.29 is 51.7 Å². The van der Waals surface area contributed by atoms with Gasteiger partial charge in [0.25, 0.3) is 5.91 Å². The standard InChI is InChI=1S/C14H16N4O2.C13H16IN3O2.C10H10N4O3.C8H7IN2.C8H8N2.C2HF3O/c1-9-5-10-11(6-15)17-18(12(10)7-16-9)8-13(19)20-14(2,3)4;1-8-5-9-10(6-15-8)17(16-12(9)14)7-11(18)19-13(2,3)4;1-5-2-6-7(3-12-5)14(4-8(15)16)13-9(6)10(11)17;1-5-2-7-6(3-10-5)4-11-8(7)9;1-6-2-7-3-9-4-8(7)5-10-6;3-2(4,5)1-6/h5,7H,8H2,1-4H3;5-6H,7H2,1-4H3;2-3H,4H2,1H3,(H2,11,17)(H,15,16);2-3H,4H2,1H3;2-3,5H,4H2,1H3;1H. The summed E-state index contributed by atoms with van der Waals surface area (Å²) in [4.78, 5) is 83.5. The van der Waals surface area contributed by atoms with E-state index in [2.05, 4.69) is 108 Å². The summed E-state index contributed by atoms with van der Waals surface area (Å²) in [7, 11) is 0. The number of carboxylic acid groups (broad SMARTS) is 1. The molecule has 0 atom stereocenters. The zero-order chi connectivity index (χ0) is 61.7. The fourth-order valence-electron chi connectivity index (χ4n) is 7.49. The van der Waals surface area contributed by atoms with E-state index in [-0.39, 0.29) is 37.0 Å². The number of hydrogen-bond acceptors (Lipinski definition) is 18. The molecule has 0 bridgehead atoms. The number of primary amides is 1. The molecular weight excluding hydrogens is 1310 g/mol. The Labute approximate surface area is 501 Å². The van der Waals surface area contributed by atoms with E-state index >= 15 is 0 Å². The van der Waals surface area contributed by atoms with Crippen molar-refractivity contribution in [3.63, 3.8) is 0 Å². The highest BCUT2D eigenvalue weighted by Gasteiger charge is 2.25. The molecule has 2 aliphatic rings. The van der Waals surface area contributed by atoms with Gasteiger partial charge in [-0.1, -0.05) is 0 Å². The lowest BCUT2D eigenvalue weighted by Crippen LogP contribution is -2.26. The van der Waals surface area contributed by atoms with Gasteiger partial charge in [-0.05, 0) is 152 Å². The Bertz CT molecular complexity index is 3830. The third kappa shape index (κ3) is 19.7. The molecule has 10 heterocycles. The lowest BCUT2D eigenvalue weighted by atomic mass is 10.2. The number of aliphatic imine (C=N–C) groups is 2. The lowest BCUT2D eigenvalue weighted by molar-refractivity contribution is -0.156. The molecule has 0 unspecified atom stereocenters.